The van der Waals surface area contributed by atoms with Crippen molar-refractivity contribution in [1.82, 2.24) is 5.32 Å². The van der Waals surface area contributed by atoms with Gasteiger partial charge in [0.05, 0.1) is 0 Å². The molecular weight excluding hydrogens is 232 g/mol. The average Bonchev–Trinajstić information content (AvgIpc) is 2.31. The van der Waals surface area contributed by atoms with E-state index in [0.29, 0.717) is 12.1 Å². The smallest absolute Gasteiger partial charge is 0.0399 e. The van der Waals surface area contributed by atoms with Crippen molar-refractivity contribution in [2.75, 3.05) is 18.0 Å². The van der Waals surface area contributed by atoms with Crippen molar-refractivity contribution < 1.29 is 0 Å². The molecule has 0 spiro atoms. The maximum Gasteiger partial charge on any atom is 0.0399 e. The molecule has 1 aliphatic heterocycles. The van der Waals surface area contributed by atoms with Gasteiger partial charge in [0.25, 0.3) is 0 Å². The van der Waals surface area contributed by atoms with Crippen molar-refractivity contribution in [3.8, 4) is 0 Å². The van der Waals surface area contributed by atoms with Crippen LogP contribution in [0.15, 0.2) is 18.2 Å². The van der Waals surface area contributed by atoms with Crippen LogP contribution in [0, 0.1) is 6.92 Å². The fourth-order valence-corrected chi connectivity index (χ4v) is 2.80. The maximum absolute atomic E-state index is 3.54. The molecule has 19 heavy (non-hydrogen) atoms. The van der Waals surface area contributed by atoms with Crippen LogP contribution in [-0.4, -0.2) is 25.2 Å². The van der Waals surface area contributed by atoms with Gasteiger partial charge in [-0.15, -0.1) is 0 Å². The summed E-state index contributed by atoms with van der Waals surface area (Å²) >= 11 is 0. The topological polar surface area (TPSA) is 15.3 Å². The summed E-state index contributed by atoms with van der Waals surface area (Å²) in [5.74, 6) is 0. The number of hydrogen-bond donors (Lipinski definition) is 1. The number of anilines is 1. The molecule has 106 valence electrons. The van der Waals surface area contributed by atoms with Crippen molar-refractivity contribution in [1.29, 1.82) is 0 Å². The van der Waals surface area contributed by atoms with Crippen molar-refractivity contribution in [3.05, 3.63) is 29.3 Å². The molecule has 2 rings (SSSR count). The zero-order valence-electron chi connectivity index (χ0n) is 13.2. The molecule has 1 aromatic rings. The highest BCUT2D eigenvalue weighted by molar-refractivity contribution is 5.56. The van der Waals surface area contributed by atoms with Crippen LogP contribution >= 0.6 is 0 Å². The zero-order chi connectivity index (χ0) is 14.2. The molecule has 0 unspecified atom stereocenters. The van der Waals surface area contributed by atoms with Gasteiger partial charge in [0.15, 0.2) is 0 Å². The van der Waals surface area contributed by atoms with Gasteiger partial charge in [-0.25, -0.2) is 0 Å². The van der Waals surface area contributed by atoms with Crippen molar-refractivity contribution in [2.45, 2.75) is 59.0 Å². The summed E-state index contributed by atoms with van der Waals surface area (Å²) in [6, 6.07) is 8.09. The van der Waals surface area contributed by atoms with Gasteiger partial charge in [-0.2, -0.15) is 0 Å². The number of nitrogens with one attached hydrogen (secondary N) is 1. The molecule has 1 saturated heterocycles. The van der Waals surface area contributed by atoms with E-state index in [1.165, 1.54) is 16.8 Å². The molecule has 0 radical (unpaired) electrons. The second-order valence-electron chi connectivity index (χ2n) is 7.06. The van der Waals surface area contributed by atoms with Crippen LogP contribution < -0.4 is 10.2 Å². The minimum Gasteiger partial charge on any atom is -0.366 e. The fourth-order valence-electron chi connectivity index (χ4n) is 2.80. The molecule has 0 aliphatic carbocycles. The Morgan fingerprint density at radius 2 is 1.89 bits per heavy atom. The molecular formula is C17H28N2. The average molecular weight is 260 g/mol. The van der Waals surface area contributed by atoms with Crippen LogP contribution in [0.4, 0.5) is 5.69 Å². The molecule has 0 amide bonds. The van der Waals surface area contributed by atoms with Crippen LogP contribution in [0.3, 0.4) is 0 Å². The van der Waals surface area contributed by atoms with E-state index in [1.807, 2.05) is 0 Å². The largest absolute Gasteiger partial charge is 0.366 e. The maximum atomic E-state index is 3.54. The molecule has 0 aromatic heterocycles. The molecule has 1 aromatic carbocycles. The summed E-state index contributed by atoms with van der Waals surface area (Å²) in [5, 5.41) is 3.54. The molecule has 1 fully saturated rings. The molecule has 2 atom stereocenters. The number of benzene rings is 1. The number of nitrogens with zero attached hydrogens (tertiary/aromatic N) is 1. The first-order chi connectivity index (χ1) is 8.79. The lowest BCUT2D eigenvalue weighted by molar-refractivity contribution is 0.424. The fraction of sp³-hybridized carbons (Fsp3) is 0.647. The van der Waals surface area contributed by atoms with Gasteiger partial charge < -0.3 is 10.2 Å². The van der Waals surface area contributed by atoms with Gasteiger partial charge in [0.2, 0.25) is 0 Å². The van der Waals surface area contributed by atoms with Gasteiger partial charge in [-0.05, 0) is 43.4 Å². The quantitative estimate of drug-likeness (QED) is 0.831. The van der Waals surface area contributed by atoms with Crippen molar-refractivity contribution in [3.63, 3.8) is 0 Å². The van der Waals surface area contributed by atoms with Gasteiger partial charge in [-0.3, -0.25) is 0 Å². The Morgan fingerprint density at radius 1 is 1.21 bits per heavy atom. The Morgan fingerprint density at radius 3 is 2.47 bits per heavy atom. The van der Waals surface area contributed by atoms with Crippen molar-refractivity contribution >= 4 is 5.69 Å². The highest BCUT2D eigenvalue weighted by Crippen LogP contribution is 2.29. The number of rotatable bonds is 1. The van der Waals surface area contributed by atoms with Crippen LogP contribution in [0.5, 0.6) is 0 Å². The molecule has 0 bridgehead atoms. The normalized spacial score (nSPS) is 24.6. The predicted molar refractivity (Wildman–Crippen MR) is 84.2 cm³/mol. The van der Waals surface area contributed by atoms with Crippen molar-refractivity contribution in [2.24, 2.45) is 0 Å². The first kappa shape index (κ1) is 14.4. The van der Waals surface area contributed by atoms with E-state index in [2.05, 4.69) is 70.0 Å². The monoisotopic (exact) mass is 260 g/mol. The molecule has 1 heterocycles. The molecule has 2 nitrogen and oxygen atoms in total. The Hall–Kier alpha value is -1.02. The summed E-state index contributed by atoms with van der Waals surface area (Å²) in [5.41, 5.74) is 4.44. The summed E-state index contributed by atoms with van der Waals surface area (Å²) in [6.07, 6.45) is 0. The minimum absolute atomic E-state index is 0.228. The molecule has 1 aliphatic rings. The molecule has 1 N–H and O–H groups in total. The van der Waals surface area contributed by atoms with Gasteiger partial charge in [0, 0.05) is 30.9 Å². The number of hydrogen-bond acceptors (Lipinski definition) is 2. The lowest BCUT2D eigenvalue weighted by atomic mass is 9.86. The third-order valence-electron chi connectivity index (χ3n) is 4.14. The van der Waals surface area contributed by atoms with Gasteiger partial charge in [0.1, 0.15) is 0 Å². The zero-order valence-corrected chi connectivity index (χ0v) is 13.2. The Labute approximate surface area is 118 Å². The van der Waals surface area contributed by atoms with Gasteiger partial charge >= 0.3 is 0 Å². The lowest BCUT2D eigenvalue weighted by Gasteiger charge is -2.40. The van der Waals surface area contributed by atoms with E-state index in [1.54, 1.807) is 0 Å². The standard InChI is InChI=1S/C17H28N2/c1-12-9-15(17(4,5)6)7-8-16(12)19-11-13(2)18-10-14(19)3/h7-9,13-14,18H,10-11H2,1-6H3/t13-,14+/m0/s1. The SMILES string of the molecule is Cc1cc(C(C)(C)C)ccc1N1C[C@H](C)NC[C@H]1C. The molecule has 2 heteroatoms. The second-order valence-corrected chi connectivity index (χ2v) is 7.06. The predicted octanol–water partition coefficient (Wildman–Crippen LogP) is 3.48. The van der Waals surface area contributed by atoms with Crippen LogP contribution in [0.25, 0.3) is 0 Å². The van der Waals surface area contributed by atoms with E-state index >= 15 is 0 Å². The molecule has 0 saturated carbocycles. The van der Waals surface area contributed by atoms with E-state index in [0.717, 1.165) is 13.1 Å². The first-order valence-corrected chi connectivity index (χ1v) is 7.40. The Balaban J connectivity index is 2.30. The summed E-state index contributed by atoms with van der Waals surface area (Å²) < 4.78 is 0. The minimum atomic E-state index is 0.228. The number of aryl methyl sites for hydroxylation is 1. The Kier molecular flexibility index (Phi) is 3.91. The van der Waals surface area contributed by atoms with E-state index < -0.39 is 0 Å². The van der Waals surface area contributed by atoms with Gasteiger partial charge in [-0.1, -0.05) is 32.9 Å². The number of piperazine rings is 1. The van der Waals surface area contributed by atoms with Crippen LogP contribution in [-0.2, 0) is 5.41 Å². The second kappa shape index (κ2) is 5.16. The summed E-state index contributed by atoms with van der Waals surface area (Å²) in [4.78, 5) is 2.54. The third kappa shape index (κ3) is 3.11. The highest BCUT2D eigenvalue weighted by atomic mass is 15.2. The van der Waals surface area contributed by atoms with E-state index in [-0.39, 0.29) is 5.41 Å². The van der Waals surface area contributed by atoms with E-state index in [9.17, 15) is 0 Å². The van der Waals surface area contributed by atoms with Crippen LogP contribution in [0.1, 0.15) is 45.7 Å². The summed E-state index contributed by atoms with van der Waals surface area (Å²) in [6.45, 7) is 15.8. The summed E-state index contributed by atoms with van der Waals surface area (Å²) in [7, 11) is 0. The van der Waals surface area contributed by atoms with Crippen LogP contribution in [0.2, 0.25) is 0 Å². The Bertz CT molecular complexity index is 445. The first-order valence-electron chi connectivity index (χ1n) is 7.40. The highest BCUT2D eigenvalue weighted by Gasteiger charge is 2.24. The van der Waals surface area contributed by atoms with E-state index in [4.69, 9.17) is 0 Å². The third-order valence-corrected chi connectivity index (χ3v) is 4.14. The lowest BCUT2D eigenvalue weighted by Crippen LogP contribution is -2.54.